The molecule has 0 aliphatic heterocycles. The first-order chi connectivity index (χ1) is 16.2. The molecule has 0 aliphatic carbocycles. The summed E-state index contributed by atoms with van der Waals surface area (Å²) < 4.78 is 43.2. The summed E-state index contributed by atoms with van der Waals surface area (Å²) in [6, 6.07) is 1.27. The number of amides is 1. The first-order valence-electron chi connectivity index (χ1n) is 10.0. The van der Waals surface area contributed by atoms with E-state index in [0.29, 0.717) is 6.42 Å². The van der Waals surface area contributed by atoms with Gasteiger partial charge in [-0.2, -0.15) is 23.4 Å². The fourth-order valence-corrected chi connectivity index (χ4v) is 3.10. The van der Waals surface area contributed by atoms with Crippen LogP contribution in [0.25, 0.3) is 5.57 Å². The summed E-state index contributed by atoms with van der Waals surface area (Å²) in [5, 5.41) is 26.3. The van der Waals surface area contributed by atoms with Gasteiger partial charge in [0, 0.05) is 6.21 Å². The normalized spacial score (nSPS) is 12.5. The molecule has 4 N–H and O–H groups in total. The number of aliphatic hydroxyl groups is 1. The van der Waals surface area contributed by atoms with Gasteiger partial charge in [0.25, 0.3) is 5.91 Å². The van der Waals surface area contributed by atoms with Crippen molar-refractivity contribution in [1.29, 1.82) is 5.41 Å². The average Bonchev–Trinajstić information content (AvgIpc) is 3.16. The molecule has 0 atom stereocenters. The van der Waals surface area contributed by atoms with E-state index in [1.807, 2.05) is 6.92 Å². The van der Waals surface area contributed by atoms with Gasteiger partial charge in [-0.05, 0) is 25.0 Å². The third kappa shape index (κ3) is 6.51. The fraction of sp³-hybridized carbons (Fsp3) is 0.286. The van der Waals surface area contributed by atoms with Crippen LogP contribution in [0.1, 0.15) is 42.0 Å². The van der Waals surface area contributed by atoms with Crippen molar-refractivity contribution < 1.29 is 23.1 Å². The Morgan fingerprint density at radius 2 is 2.15 bits per heavy atom. The molecule has 2 aromatic heterocycles. The molecule has 0 aliphatic rings. The van der Waals surface area contributed by atoms with Crippen LogP contribution in [0, 0.1) is 5.41 Å². The molecule has 0 saturated heterocycles. The van der Waals surface area contributed by atoms with Gasteiger partial charge < -0.3 is 15.8 Å². The van der Waals surface area contributed by atoms with Crippen LogP contribution in [0.3, 0.4) is 0 Å². The average molecular weight is 498 g/mol. The smallest absolute Gasteiger partial charge is 0.394 e. The Labute approximate surface area is 198 Å². The van der Waals surface area contributed by atoms with E-state index in [0.717, 1.165) is 17.1 Å². The SMILES string of the molecule is C/C=C(\C=C/CC)c1nn(CCO)c(C(=O)Nc2cnc(N/N=C\C=N)c(Cl)c2)c1C(F)(F)F. The largest absolute Gasteiger partial charge is 0.420 e. The maximum atomic E-state index is 14.1. The Hall–Kier alpha value is -3.51. The van der Waals surface area contributed by atoms with Crippen molar-refractivity contribution in [1.82, 2.24) is 14.8 Å². The summed E-state index contributed by atoms with van der Waals surface area (Å²) in [6.45, 7) is 2.54. The highest BCUT2D eigenvalue weighted by atomic mass is 35.5. The number of hydrogen-bond donors (Lipinski definition) is 4. The number of hydrogen-bond acceptors (Lipinski definition) is 7. The minimum Gasteiger partial charge on any atom is -0.394 e. The van der Waals surface area contributed by atoms with Gasteiger partial charge in [-0.25, -0.2) is 4.98 Å². The summed E-state index contributed by atoms with van der Waals surface area (Å²) in [6.07, 6.45) is 3.57. The summed E-state index contributed by atoms with van der Waals surface area (Å²) in [7, 11) is 0. The van der Waals surface area contributed by atoms with Gasteiger partial charge >= 0.3 is 6.18 Å². The second-order valence-corrected chi connectivity index (χ2v) is 7.04. The first kappa shape index (κ1) is 26.7. The lowest BCUT2D eigenvalue weighted by Crippen LogP contribution is -2.23. The van der Waals surface area contributed by atoms with Crippen molar-refractivity contribution in [3.05, 3.63) is 52.5 Å². The Morgan fingerprint density at radius 3 is 2.71 bits per heavy atom. The van der Waals surface area contributed by atoms with E-state index in [1.165, 1.54) is 24.4 Å². The zero-order valence-electron chi connectivity index (χ0n) is 18.3. The Balaban J connectivity index is 2.53. The van der Waals surface area contributed by atoms with Crippen LogP contribution in [0.4, 0.5) is 24.7 Å². The van der Waals surface area contributed by atoms with Gasteiger partial charge in [-0.3, -0.25) is 14.9 Å². The molecule has 0 fully saturated rings. The molecule has 13 heteroatoms. The molecule has 0 spiro atoms. The highest BCUT2D eigenvalue weighted by molar-refractivity contribution is 6.33. The van der Waals surface area contributed by atoms with Gasteiger partial charge in [-0.1, -0.05) is 36.8 Å². The topological polar surface area (TPSA) is 128 Å². The number of rotatable bonds is 10. The molecule has 0 saturated carbocycles. The molecule has 2 rings (SSSR count). The number of halogens is 4. The maximum absolute atomic E-state index is 14.1. The van der Waals surface area contributed by atoms with Crippen LogP contribution in [0.5, 0.6) is 0 Å². The van der Waals surface area contributed by atoms with E-state index in [-0.39, 0.29) is 28.6 Å². The molecular formula is C21H23ClF3N7O2. The molecule has 0 aromatic carbocycles. The van der Waals surface area contributed by atoms with E-state index in [9.17, 15) is 23.1 Å². The number of hydrazone groups is 1. The molecule has 2 aromatic rings. The number of anilines is 2. The number of carbonyl (C=O) groups is 1. The molecule has 34 heavy (non-hydrogen) atoms. The van der Waals surface area contributed by atoms with Crippen LogP contribution in [-0.4, -0.2) is 44.8 Å². The molecular weight excluding hydrogens is 475 g/mol. The fourth-order valence-electron chi connectivity index (χ4n) is 2.89. The van der Waals surface area contributed by atoms with Crippen LogP contribution in [0.2, 0.25) is 5.02 Å². The van der Waals surface area contributed by atoms with Crippen molar-refractivity contribution in [2.45, 2.75) is 33.0 Å². The summed E-state index contributed by atoms with van der Waals surface area (Å²) in [4.78, 5) is 17.0. The van der Waals surface area contributed by atoms with Gasteiger partial charge in [0.05, 0.1) is 36.3 Å². The van der Waals surface area contributed by atoms with Crippen molar-refractivity contribution in [3.63, 3.8) is 0 Å². The van der Waals surface area contributed by atoms with Gasteiger partial charge in [0.1, 0.15) is 17.0 Å². The van der Waals surface area contributed by atoms with E-state index in [1.54, 1.807) is 13.0 Å². The first-order valence-corrected chi connectivity index (χ1v) is 10.4. The van der Waals surface area contributed by atoms with Crippen LogP contribution in [-0.2, 0) is 12.7 Å². The van der Waals surface area contributed by atoms with Crippen LogP contribution in [0.15, 0.2) is 35.6 Å². The highest BCUT2D eigenvalue weighted by Gasteiger charge is 2.42. The van der Waals surface area contributed by atoms with Gasteiger partial charge in [-0.15, -0.1) is 0 Å². The van der Waals surface area contributed by atoms with E-state index in [2.05, 4.69) is 25.9 Å². The van der Waals surface area contributed by atoms with Crippen LogP contribution >= 0.6 is 11.6 Å². The highest BCUT2D eigenvalue weighted by Crippen LogP contribution is 2.38. The molecule has 1 amide bonds. The molecule has 0 unspecified atom stereocenters. The number of nitrogens with zero attached hydrogens (tertiary/aromatic N) is 4. The zero-order valence-corrected chi connectivity index (χ0v) is 19.1. The lowest BCUT2D eigenvalue weighted by Gasteiger charge is -2.13. The van der Waals surface area contributed by atoms with E-state index in [4.69, 9.17) is 17.0 Å². The van der Waals surface area contributed by atoms with E-state index < -0.39 is 35.6 Å². The Bertz CT molecular complexity index is 1120. The Morgan fingerprint density at radius 1 is 1.41 bits per heavy atom. The predicted molar refractivity (Wildman–Crippen MR) is 125 cm³/mol. The predicted octanol–water partition coefficient (Wildman–Crippen LogP) is 4.61. The molecule has 0 bridgehead atoms. The van der Waals surface area contributed by atoms with Crippen molar-refractivity contribution in [3.8, 4) is 0 Å². The maximum Gasteiger partial charge on any atom is 0.420 e. The quantitative estimate of drug-likeness (QED) is 0.216. The molecule has 2 heterocycles. The van der Waals surface area contributed by atoms with Crippen molar-refractivity contribution >= 4 is 47.0 Å². The van der Waals surface area contributed by atoms with Gasteiger partial charge in [0.2, 0.25) is 0 Å². The number of pyridine rings is 1. The monoisotopic (exact) mass is 497 g/mol. The van der Waals surface area contributed by atoms with Crippen molar-refractivity contribution in [2.24, 2.45) is 5.10 Å². The minimum absolute atomic E-state index is 0.0279. The standard InChI is InChI=1S/C21H23ClF3N7O2/c1-3-5-6-13(4-2)17-16(21(23,24)25)18(32(31-17)9-10-33)20(34)29-14-11-15(22)19(27-12-14)30-28-8-7-26/h4-8,11-12,26,33H,3,9-10H2,1-2H3,(H,27,30)(H,29,34)/b6-5-,13-4+,26-7?,28-8-. The van der Waals surface area contributed by atoms with Crippen molar-refractivity contribution in [2.75, 3.05) is 17.3 Å². The summed E-state index contributed by atoms with van der Waals surface area (Å²) in [5.41, 5.74) is 0.302. The number of allylic oxidation sites excluding steroid dienone is 4. The minimum atomic E-state index is -4.90. The number of aliphatic hydroxyl groups excluding tert-OH is 1. The molecule has 182 valence electrons. The number of aromatic nitrogens is 3. The summed E-state index contributed by atoms with van der Waals surface area (Å²) >= 11 is 6.08. The third-order valence-corrected chi connectivity index (χ3v) is 4.59. The lowest BCUT2D eigenvalue weighted by molar-refractivity contribution is -0.138. The van der Waals surface area contributed by atoms with E-state index >= 15 is 0 Å². The number of alkyl halides is 3. The second-order valence-electron chi connectivity index (χ2n) is 6.64. The number of carbonyl (C=O) groups excluding carboxylic acids is 1. The second kappa shape index (κ2) is 12.1. The zero-order chi connectivity index (χ0) is 25.3. The van der Waals surface area contributed by atoms with Crippen LogP contribution < -0.4 is 10.7 Å². The Kier molecular flexibility index (Phi) is 9.51. The molecule has 9 nitrogen and oxygen atoms in total. The summed E-state index contributed by atoms with van der Waals surface area (Å²) in [5.74, 6) is -0.989. The lowest BCUT2D eigenvalue weighted by atomic mass is 10.0. The third-order valence-electron chi connectivity index (χ3n) is 4.30. The molecule has 0 radical (unpaired) electrons. The number of nitrogens with one attached hydrogen (secondary N) is 3. The van der Waals surface area contributed by atoms with Gasteiger partial charge in [0.15, 0.2) is 5.82 Å².